The normalized spacial score (nSPS) is 16.1. The summed E-state index contributed by atoms with van der Waals surface area (Å²) in [4.78, 5) is 16.9. The van der Waals surface area contributed by atoms with Crippen LogP contribution in [-0.4, -0.2) is 30.2 Å². The Morgan fingerprint density at radius 1 is 1.12 bits per heavy atom. The van der Waals surface area contributed by atoms with E-state index in [9.17, 15) is 18.0 Å². The highest BCUT2D eigenvalue weighted by molar-refractivity contribution is 6.10. The quantitative estimate of drug-likeness (QED) is 0.572. The second-order valence-corrected chi connectivity index (χ2v) is 8.67. The molecule has 0 saturated carbocycles. The number of fused-ring (bicyclic) bond motifs is 1. The number of amides is 1. The molecule has 1 aliphatic heterocycles. The van der Waals surface area contributed by atoms with E-state index in [0.717, 1.165) is 23.5 Å². The van der Waals surface area contributed by atoms with Gasteiger partial charge in [0.15, 0.2) is 5.69 Å². The second-order valence-electron chi connectivity index (χ2n) is 8.67. The van der Waals surface area contributed by atoms with E-state index in [1.807, 2.05) is 57.1 Å². The van der Waals surface area contributed by atoms with Crippen molar-refractivity contribution in [3.05, 3.63) is 76.6 Å². The van der Waals surface area contributed by atoms with Crippen LogP contribution in [0.15, 0.2) is 48.5 Å². The van der Waals surface area contributed by atoms with E-state index < -0.39 is 17.8 Å². The third-order valence-corrected chi connectivity index (χ3v) is 5.62. The SMILES string of the molecule is CC(C)Cc1[nH]nc2c1C(c1cccc(C(F)(F)F)c1)N(c1ccc(N(C)C)cc1)C2=O. The third-order valence-electron chi connectivity index (χ3n) is 5.62. The molecule has 0 radical (unpaired) electrons. The number of nitrogens with zero attached hydrogens (tertiary/aromatic N) is 3. The van der Waals surface area contributed by atoms with Gasteiger partial charge in [0.2, 0.25) is 0 Å². The van der Waals surface area contributed by atoms with Crippen LogP contribution >= 0.6 is 0 Å². The van der Waals surface area contributed by atoms with Crippen molar-refractivity contribution < 1.29 is 18.0 Å². The summed E-state index contributed by atoms with van der Waals surface area (Å²) in [6.07, 6.45) is -3.84. The smallest absolute Gasteiger partial charge is 0.378 e. The molecule has 4 rings (SSSR count). The Hall–Kier alpha value is -3.29. The summed E-state index contributed by atoms with van der Waals surface area (Å²) < 4.78 is 40.4. The van der Waals surface area contributed by atoms with Crippen LogP contribution in [0.2, 0.25) is 0 Å². The number of H-pyrrole nitrogens is 1. The van der Waals surface area contributed by atoms with Crippen LogP contribution in [0, 0.1) is 5.92 Å². The minimum absolute atomic E-state index is 0.264. The standard InChI is InChI=1S/C24H25F3N4O/c1-14(2)12-19-20-21(29-28-19)23(32)31(18-10-8-17(9-11-18)30(3)4)22(20)15-6-5-7-16(13-15)24(25,26)27/h5-11,13-14,22H,12H2,1-4H3,(H,28,29). The summed E-state index contributed by atoms with van der Waals surface area (Å²) in [6.45, 7) is 4.09. The molecule has 3 aromatic rings. The number of aromatic nitrogens is 2. The number of halogens is 3. The van der Waals surface area contributed by atoms with Crippen LogP contribution in [0.3, 0.4) is 0 Å². The molecule has 0 bridgehead atoms. The van der Waals surface area contributed by atoms with E-state index in [1.54, 1.807) is 11.0 Å². The van der Waals surface area contributed by atoms with E-state index in [2.05, 4.69) is 10.2 Å². The van der Waals surface area contributed by atoms with Crippen molar-refractivity contribution >= 4 is 17.3 Å². The first-order valence-corrected chi connectivity index (χ1v) is 10.4. The number of alkyl halides is 3. The predicted octanol–water partition coefficient (Wildman–Crippen LogP) is 5.44. The van der Waals surface area contributed by atoms with E-state index in [4.69, 9.17) is 0 Å². The van der Waals surface area contributed by atoms with Crippen LogP contribution in [0.1, 0.15) is 52.8 Å². The van der Waals surface area contributed by atoms with E-state index in [1.165, 1.54) is 6.07 Å². The predicted molar refractivity (Wildman–Crippen MR) is 118 cm³/mol. The van der Waals surface area contributed by atoms with Gasteiger partial charge in [-0.3, -0.25) is 14.8 Å². The average Bonchev–Trinajstić information content (AvgIpc) is 3.26. The van der Waals surface area contributed by atoms with Gasteiger partial charge in [0.1, 0.15) is 0 Å². The van der Waals surface area contributed by atoms with Gasteiger partial charge in [-0.15, -0.1) is 0 Å². The van der Waals surface area contributed by atoms with Crippen LogP contribution in [-0.2, 0) is 12.6 Å². The second kappa shape index (κ2) is 8.00. The fourth-order valence-electron chi connectivity index (χ4n) is 4.15. The Balaban J connectivity index is 1.87. The topological polar surface area (TPSA) is 52.2 Å². The number of hydrogen-bond donors (Lipinski definition) is 1. The largest absolute Gasteiger partial charge is 0.416 e. The van der Waals surface area contributed by atoms with Gasteiger partial charge in [0, 0.05) is 36.7 Å². The maximum Gasteiger partial charge on any atom is 0.416 e. The van der Waals surface area contributed by atoms with Crippen molar-refractivity contribution in [2.24, 2.45) is 5.92 Å². The lowest BCUT2D eigenvalue weighted by Crippen LogP contribution is -2.29. The summed E-state index contributed by atoms with van der Waals surface area (Å²) in [6, 6.07) is 11.9. The summed E-state index contributed by atoms with van der Waals surface area (Å²) in [5.41, 5.74) is 2.91. The zero-order chi connectivity index (χ0) is 23.2. The lowest BCUT2D eigenvalue weighted by molar-refractivity contribution is -0.137. The van der Waals surface area contributed by atoms with Crippen molar-refractivity contribution in [3.8, 4) is 0 Å². The van der Waals surface area contributed by atoms with Gasteiger partial charge in [-0.25, -0.2) is 0 Å². The fraction of sp³-hybridized carbons (Fsp3) is 0.333. The Bertz CT molecular complexity index is 1130. The monoisotopic (exact) mass is 442 g/mol. The molecule has 1 aromatic heterocycles. The summed E-state index contributed by atoms with van der Waals surface area (Å²) in [5.74, 6) is -0.0449. The van der Waals surface area contributed by atoms with Crippen molar-refractivity contribution in [1.29, 1.82) is 0 Å². The molecular formula is C24H25F3N4O. The minimum atomic E-state index is -4.48. The third kappa shape index (κ3) is 3.85. The zero-order valence-corrected chi connectivity index (χ0v) is 18.4. The lowest BCUT2D eigenvalue weighted by atomic mass is 9.94. The van der Waals surface area contributed by atoms with E-state index >= 15 is 0 Å². The van der Waals surface area contributed by atoms with Gasteiger partial charge in [-0.1, -0.05) is 26.0 Å². The maximum atomic E-state index is 13.5. The van der Waals surface area contributed by atoms with Crippen LogP contribution in [0.4, 0.5) is 24.5 Å². The van der Waals surface area contributed by atoms with Crippen LogP contribution in [0.5, 0.6) is 0 Å². The van der Waals surface area contributed by atoms with Crippen molar-refractivity contribution in [2.75, 3.05) is 23.9 Å². The first-order valence-electron chi connectivity index (χ1n) is 10.4. The van der Waals surface area contributed by atoms with Crippen molar-refractivity contribution in [3.63, 3.8) is 0 Å². The molecule has 0 spiro atoms. The number of hydrogen-bond acceptors (Lipinski definition) is 3. The molecule has 0 aliphatic carbocycles. The molecule has 0 saturated heterocycles. The molecular weight excluding hydrogens is 417 g/mol. The Labute approximate surface area is 184 Å². The maximum absolute atomic E-state index is 13.5. The van der Waals surface area contributed by atoms with Gasteiger partial charge >= 0.3 is 6.18 Å². The molecule has 2 heterocycles. The number of nitrogens with one attached hydrogen (secondary N) is 1. The summed E-state index contributed by atoms with van der Waals surface area (Å²) >= 11 is 0. The molecule has 0 fully saturated rings. The fourth-order valence-corrected chi connectivity index (χ4v) is 4.15. The minimum Gasteiger partial charge on any atom is -0.378 e. The Morgan fingerprint density at radius 3 is 2.41 bits per heavy atom. The van der Waals surface area contributed by atoms with E-state index in [-0.39, 0.29) is 17.5 Å². The number of benzene rings is 2. The highest BCUT2D eigenvalue weighted by atomic mass is 19.4. The number of anilines is 2. The van der Waals surface area contributed by atoms with Crippen molar-refractivity contribution in [1.82, 2.24) is 10.2 Å². The molecule has 32 heavy (non-hydrogen) atoms. The highest BCUT2D eigenvalue weighted by Gasteiger charge is 2.43. The Morgan fingerprint density at radius 2 is 1.81 bits per heavy atom. The van der Waals surface area contributed by atoms with Crippen LogP contribution < -0.4 is 9.80 Å². The molecule has 2 aromatic carbocycles. The molecule has 5 nitrogen and oxygen atoms in total. The van der Waals surface area contributed by atoms with Gasteiger partial charge in [0.25, 0.3) is 5.91 Å². The average molecular weight is 442 g/mol. The van der Waals surface area contributed by atoms with Gasteiger partial charge in [0.05, 0.1) is 11.6 Å². The first kappa shape index (κ1) is 21.9. The zero-order valence-electron chi connectivity index (χ0n) is 18.4. The van der Waals surface area contributed by atoms with Crippen LogP contribution in [0.25, 0.3) is 0 Å². The number of carbonyl (C=O) groups is 1. The van der Waals surface area contributed by atoms with Gasteiger partial charge in [-0.2, -0.15) is 18.3 Å². The van der Waals surface area contributed by atoms with E-state index in [0.29, 0.717) is 23.2 Å². The molecule has 1 N–H and O–H groups in total. The first-order chi connectivity index (χ1) is 15.1. The van der Waals surface area contributed by atoms with Crippen molar-refractivity contribution in [2.45, 2.75) is 32.5 Å². The lowest BCUT2D eigenvalue weighted by Gasteiger charge is -2.27. The molecule has 168 valence electrons. The van der Waals surface area contributed by atoms with Gasteiger partial charge < -0.3 is 4.90 Å². The molecule has 1 aliphatic rings. The number of carbonyl (C=O) groups excluding carboxylic acids is 1. The molecule has 1 unspecified atom stereocenters. The summed E-state index contributed by atoms with van der Waals surface area (Å²) in [7, 11) is 3.82. The molecule has 1 atom stereocenters. The van der Waals surface area contributed by atoms with Gasteiger partial charge in [-0.05, 0) is 54.3 Å². The highest BCUT2D eigenvalue weighted by Crippen LogP contribution is 2.44. The number of rotatable bonds is 5. The molecule has 8 heteroatoms. The Kier molecular flexibility index (Phi) is 5.48. The summed E-state index contributed by atoms with van der Waals surface area (Å²) in [5, 5.41) is 7.20. The number of aromatic amines is 1. The molecule has 1 amide bonds.